The van der Waals surface area contributed by atoms with E-state index in [0.29, 0.717) is 19.6 Å². The molecule has 2 aliphatic rings. The summed E-state index contributed by atoms with van der Waals surface area (Å²) in [7, 11) is 0. The monoisotopic (exact) mass is 359 g/mol. The average Bonchev–Trinajstić information content (AvgIpc) is 2.67. The van der Waals surface area contributed by atoms with Gasteiger partial charge in [-0.05, 0) is 43.9 Å². The number of ether oxygens (including phenoxy) is 1. The Morgan fingerprint density at radius 1 is 0.923 bits per heavy atom. The highest BCUT2D eigenvalue weighted by Gasteiger charge is 2.24. The Hall–Kier alpha value is -2.08. The number of piperidine rings is 1. The van der Waals surface area contributed by atoms with Gasteiger partial charge in [0.2, 0.25) is 5.91 Å². The lowest BCUT2D eigenvalue weighted by Gasteiger charge is -2.36. The summed E-state index contributed by atoms with van der Waals surface area (Å²) in [6.45, 7) is 7.14. The maximum absolute atomic E-state index is 12.4. The number of rotatable bonds is 5. The van der Waals surface area contributed by atoms with E-state index >= 15 is 0 Å². The molecular formula is C20H29N3O3. The molecule has 1 aromatic carbocycles. The first-order chi connectivity index (χ1) is 12.6. The highest BCUT2D eigenvalue weighted by molar-refractivity contribution is 5.79. The van der Waals surface area contributed by atoms with Gasteiger partial charge in [-0.1, -0.05) is 12.1 Å². The lowest BCUT2D eigenvalue weighted by Crippen LogP contribution is -2.52. The van der Waals surface area contributed by atoms with Gasteiger partial charge in [-0.25, -0.2) is 0 Å². The van der Waals surface area contributed by atoms with Crippen molar-refractivity contribution in [3.63, 3.8) is 0 Å². The van der Waals surface area contributed by atoms with Crippen LogP contribution in [0, 0.1) is 6.92 Å². The fraction of sp³-hybridized carbons (Fsp3) is 0.600. The number of carbonyl (C=O) groups is 2. The molecule has 2 saturated heterocycles. The summed E-state index contributed by atoms with van der Waals surface area (Å²) in [4.78, 5) is 30.7. The van der Waals surface area contributed by atoms with E-state index < -0.39 is 0 Å². The van der Waals surface area contributed by atoms with Crippen molar-refractivity contribution < 1.29 is 14.3 Å². The third-order valence-electron chi connectivity index (χ3n) is 5.14. The minimum atomic E-state index is 0.00788. The zero-order chi connectivity index (χ0) is 18.4. The third-order valence-corrected chi connectivity index (χ3v) is 5.14. The molecule has 3 rings (SSSR count). The molecule has 0 spiro atoms. The van der Waals surface area contributed by atoms with Crippen LogP contribution in [-0.2, 0) is 9.59 Å². The second-order valence-corrected chi connectivity index (χ2v) is 7.20. The van der Waals surface area contributed by atoms with Crippen molar-refractivity contribution in [3.05, 3.63) is 29.8 Å². The van der Waals surface area contributed by atoms with Crippen molar-refractivity contribution in [2.24, 2.45) is 0 Å². The molecule has 1 aromatic rings. The van der Waals surface area contributed by atoms with Gasteiger partial charge in [-0.3, -0.25) is 14.5 Å². The molecule has 0 unspecified atom stereocenters. The van der Waals surface area contributed by atoms with Crippen LogP contribution in [0.1, 0.15) is 24.8 Å². The molecule has 0 N–H and O–H groups in total. The SMILES string of the molecule is Cc1cccc(OCC(=O)N2CCN(CC(=O)N3CCCCC3)CC2)c1. The van der Waals surface area contributed by atoms with E-state index in [4.69, 9.17) is 4.74 Å². The van der Waals surface area contributed by atoms with E-state index in [2.05, 4.69) is 4.90 Å². The fourth-order valence-corrected chi connectivity index (χ4v) is 3.53. The van der Waals surface area contributed by atoms with Crippen LogP contribution in [0.5, 0.6) is 5.75 Å². The number of carbonyl (C=O) groups excluding carboxylic acids is 2. The van der Waals surface area contributed by atoms with Gasteiger partial charge in [0, 0.05) is 39.3 Å². The molecule has 2 aliphatic heterocycles. The van der Waals surface area contributed by atoms with Gasteiger partial charge in [0.1, 0.15) is 5.75 Å². The van der Waals surface area contributed by atoms with Crippen LogP contribution in [0.15, 0.2) is 24.3 Å². The Labute approximate surface area is 155 Å². The predicted molar refractivity (Wildman–Crippen MR) is 100 cm³/mol. The molecule has 0 atom stereocenters. The Morgan fingerprint density at radius 2 is 1.62 bits per heavy atom. The summed E-state index contributed by atoms with van der Waals surface area (Å²) in [5.74, 6) is 0.963. The van der Waals surface area contributed by atoms with Crippen LogP contribution >= 0.6 is 0 Å². The average molecular weight is 359 g/mol. The summed E-state index contributed by atoms with van der Waals surface area (Å²) < 4.78 is 5.61. The first-order valence-electron chi connectivity index (χ1n) is 9.59. The molecule has 6 heteroatoms. The van der Waals surface area contributed by atoms with E-state index in [1.165, 1.54) is 6.42 Å². The Morgan fingerprint density at radius 3 is 2.31 bits per heavy atom. The molecule has 0 aromatic heterocycles. The lowest BCUT2D eigenvalue weighted by molar-refractivity contribution is -0.136. The highest BCUT2D eigenvalue weighted by atomic mass is 16.5. The number of hydrogen-bond donors (Lipinski definition) is 0. The van der Waals surface area contributed by atoms with Crippen LogP contribution in [0.2, 0.25) is 0 Å². The first kappa shape index (κ1) is 18.7. The number of aryl methyl sites for hydroxylation is 1. The van der Waals surface area contributed by atoms with Gasteiger partial charge in [0.15, 0.2) is 6.61 Å². The van der Waals surface area contributed by atoms with Gasteiger partial charge in [-0.2, -0.15) is 0 Å². The van der Waals surface area contributed by atoms with Crippen LogP contribution in [0.4, 0.5) is 0 Å². The van der Waals surface area contributed by atoms with Gasteiger partial charge < -0.3 is 14.5 Å². The molecule has 0 saturated carbocycles. The summed E-state index contributed by atoms with van der Waals surface area (Å²) in [6.07, 6.45) is 3.47. The van der Waals surface area contributed by atoms with Crippen molar-refractivity contribution in [1.29, 1.82) is 0 Å². The minimum absolute atomic E-state index is 0.00788. The second kappa shape index (κ2) is 9.03. The van der Waals surface area contributed by atoms with Gasteiger partial charge in [0.25, 0.3) is 5.91 Å². The van der Waals surface area contributed by atoms with Crippen molar-refractivity contribution >= 4 is 11.8 Å². The number of likely N-dealkylation sites (tertiary alicyclic amines) is 1. The quantitative estimate of drug-likeness (QED) is 0.800. The third kappa shape index (κ3) is 5.21. The largest absolute Gasteiger partial charge is 0.484 e. The molecule has 6 nitrogen and oxygen atoms in total. The molecule has 0 radical (unpaired) electrons. The van der Waals surface area contributed by atoms with Crippen molar-refractivity contribution in [3.8, 4) is 5.75 Å². The Balaban J connectivity index is 1.38. The molecule has 2 fully saturated rings. The van der Waals surface area contributed by atoms with E-state index in [9.17, 15) is 9.59 Å². The van der Waals surface area contributed by atoms with E-state index in [-0.39, 0.29) is 18.4 Å². The van der Waals surface area contributed by atoms with E-state index in [0.717, 1.165) is 50.3 Å². The Bertz CT molecular complexity index is 620. The van der Waals surface area contributed by atoms with Crippen molar-refractivity contribution in [2.45, 2.75) is 26.2 Å². The smallest absolute Gasteiger partial charge is 0.260 e. The Kier molecular flexibility index (Phi) is 6.50. The van der Waals surface area contributed by atoms with Gasteiger partial charge in [-0.15, -0.1) is 0 Å². The number of amides is 2. The minimum Gasteiger partial charge on any atom is -0.484 e. The normalized spacial score (nSPS) is 18.7. The van der Waals surface area contributed by atoms with Crippen LogP contribution < -0.4 is 4.74 Å². The van der Waals surface area contributed by atoms with Crippen LogP contribution in [0.3, 0.4) is 0 Å². The molecular weight excluding hydrogens is 330 g/mol. The van der Waals surface area contributed by atoms with Crippen molar-refractivity contribution in [1.82, 2.24) is 14.7 Å². The fourth-order valence-electron chi connectivity index (χ4n) is 3.53. The van der Waals surface area contributed by atoms with E-state index in [1.54, 1.807) is 0 Å². The maximum Gasteiger partial charge on any atom is 0.260 e. The van der Waals surface area contributed by atoms with Gasteiger partial charge >= 0.3 is 0 Å². The van der Waals surface area contributed by atoms with E-state index in [1.807, 2.05) is 41.0 Å². The second-order valence-electron chi connectivity index (χ2n) is 7.20. The number of nitrogens with zero attached hydrogens (tertiary/aromatic N) is 3. The molecule has 2 heterocycles. The molecule has 26 heavy (non-hydrogen) atoms. The van der Waals surface area contributed by atoms with Crippen LogP contribution in [-0.4, -0.2) is 78.9 Å². The van der Waals surface area contributed by atoms with Crippen molar-refractivity contribution in [2.75, 3.05) is 52.4 Å². The predicted octanol–water partition coefficient (Wildman–Crippen LogP) is 1.53. The topological polar surface area (TPSA) is 53.1 Å². The maximum atomic E-state index is 12.4. The summed E-state index contributed by atoms with van der Waals surface area (Å²) in [5.41, 5.74) is 1.11. The molecule has 0 bridgehead atoms. The van der Waals surface area contributed by atoms with Crippen LogP contribution in [0.25, 0.3) is 0 Å². The zero-order valence-electron chi connectivity index (χ0n) is 15.7. The standard InChI is InChI=1S/C20H29N3O3/c1-17-6-5-7-18(14-17)26-16-20(25)23-12-10-21(11-13-23)15-19(24)22-8-3-2-4-9-22/h5-7,14H,2-4,8-13,15-16H2,1H3. The summed E-state index contributed by atoms with van der Waals surface area (Å²) in [5, 5.41) is 0. The van der Waals surface area contributed by atoms with Gasteiger partial charge in [0.05, 0.1) is 6.54 Å². The summed E-state index contributed by atoms with van der Waals surface area (Å²) >= 11 is 0. The summed E-state index contributed by atoms with van der Waals surface area (Å²) in [6, 6.07) is 7.72. The lowest BCUT2D eigenvalue weighted by atomic mass is 10.1. The number of piperazine rings is 1. The first-order valence-corrected chi connectivity index (χ1v) is 9.59. The number of hydrogen-bond acceptors (Lipinski definition) is 4. The molecule has 2 amide bonds. The zero-order valence-corrected chi connectivity index (χ0v) is 15.7. The molecule has 0 aliphatic carbocycles. The molecule has 142 valence electrons. The highest BCUT2D eigenvalue weighted by Crippen LogP contribution is 2.13. The number of benzene rings is 1.